The molecule has 1 amide bonds. The molecule has 1 aromatic heterocycles. The van der Waals surface area contributed by atoms with Crippen LogP contribution >= 0.6 is 36.2 Å². The van der Waals surface area contributed by atoms with Crippen LogP contribution in [-0.2, 0) is 19.4 Å². The molecule has 1 unspecified atom stereocenters. The van der Waals surface area contributed by atoms with E-state index in [1.807, 2.05) is 12.1 Å². The number of benzene rings is 1. The highest BCUT2D eigenvalue weighted by atomic mass is 35.5. The Hall–Kier alpha value is -1.18. The van der Waals surface area contributed by atoms with Gasteiger partial charge < -0.3 is 5.32 Å². The molecule has 2 N–H and O–H groups in total. The molecule has 1 atom stereocenters. The first-order valence-corrected chi connectivity index (χ1v) is 10.9. The number of piperidine rings is 1. The molecule has 2 aromatic rings. The molecule has 5 nitrogen and oxygen atoms in total. The Labute approximate surface area is 189 Å². The number of rotatable bonds is 4. The molecule has 0 aliphatic carbocycles. The van der Waals surface area contributed by atoms with E-state index in [1.54, 1.807) is 0 Å². The highest BCUT2D eigenvalue weighted by Crippen LogP contribution is 2.22. The fraction of sp³-hybridized carbons (Fsp3) is 0.524. The number of likely N-dealkylation sites (tertiary alicyclic amines) is 1. The van der Waals surface area contributed by atoms with E-state index >= 15 is 0 Å². The van der Waals surface area contributed by atoms with Crippen LogP contribution in [0.1, 0.15) is 46.9 Å². The molecule has 0 spiro atoms. The zero-order valence-electron chi connectivity index (χ0n) is 16.8. The first-order chi connectivity index (χ1) is 13.2. The highest BCUT2D eigenvalue weighted by molar-refractivity contribution is 7.13. The van der Waals surface area contributed by atoms with Crippen molar-refractivity contribution >= 4 is 47.2 Å². The molecule has 0 radical (unpaired) electrons. The number of anilines is 1. The Morgan fingerprint density at radius 1 is 1.28 bits per heavy atom. The smallest absolute Gasteiger partial charge is 0.257 e. The van der Waals surface area contributed by atoms with Gasteiger partial charge in [0.05, 0.1) is 5.69 Å². The number of carbonyl (C=O) groups is 1. The summed E-state index contributed by atoms with van der Waals surface area (Å²) in [7, 11) is 0. The van der Waals surface area contributed by atoms with Crippen LogP contribution in [0.25, 0.3) is 0 Å². The number of fused-ring (bicyclic) bond motifs is 1. The van der Waals surface area contributed by atoms with E-state index < -0.39 is 0 Å². The molecule has 8 heteroatoms. The maximum atomic E-state index is 12.7. The van der Waals surface area contributed by atoms with Crippen LogP contribution in [0, 0.1) is 5.92 Å². The number of amides is 1. The number of nitrogens with zero attached hydrogens (tertiary/aromatic N) is 2. The van der Waals surface area contributed by atoms with Gasteiger partial charge in [-0.3, -0.25) is 15.0 Å². The molecule has 2 aliphatic heterocycles. The normalized spacial score (nSPS) is 19.3. The fourth-order valence-electron chi connectivity index (χ4n) is 4.08. The van der Waals surface area contributed by atoms with Crippen LogP contribution < -0.4 is 10.6 Å². The van der Waals surface area contributed by atoms with Crippen LogP contribution in [0.4, 0.5) is 5.13 Å². The Bertz CT molecular complexity index is 814. The lowest BCUT2D eigenvalue weighted by Crippen LogP contribution is -2.33. The Balaban J connectivity index is 0.00000150. The number of hydrogen-bond donors (Lipinski definition) is 2. The molecule has 1 fully saturated rings. The summed E-state index contributed by atoms with van der Waals surface area (Å²) in [5.74, 6) is 0.697. The minimum Gasteiger partial charge on any atom is -0.316 e. The molecule has 4 rings (SSSR count). The van der Waals surface area contributed by atoms with Gasteiger partial charge in [0.2, 0.25) is 0 Å². The Kier molecular flexibility index (Phi) is 9.37. The van der Waals surface area contributed by atoms with Crippen LogP contribution in [-0.4, -0.2) is 42.0 Å². The number of nitrogens with one attached hydrogen (secondary N) is 2. The van der Waals surface area contributed by atoms with Crippen molar-refractivity contribution in [2.24, 2.45) is 5.92 Å². The minimum absolute atomic E-state index is 0. The van der Waals surface area contributed by atoms with Gasteiger partial charge in [0.15, 0.2) is 5.13 Å². The zero-order chi connectivity index (χ0) is 18.6. The van der Waals surface area contributed by atoms with Gasteiger partial charge in [-0.05, 0) is 74.5 Å². The second-order valence-electron chi connectivity index (χ2n) is 7.81. The van der Waals surface area contributed by atoms with Crippen molar-refractivity contribution in [3.8, 4) is 0 Å². The molecular weight excluding hydrogens is 427 g/mol. The fourth-order valence-corrected chi connectivity index (χ4v) is 4.78. The second-order valence-corrected chi connectivity index (χ2v) is 8.67. The molecule has 160 valence electrons. The molecule has 0 saturated carbocycles. The SMILES string of the molecule is CC1CCCN(Cc2csc(NC(=O)c3ccc4c(c3)CCNCC4)n2)C1.Cl.Cl. The number of carbonyl (C=O) groups excluding carboxylic acids is 1. The first kappa shape index (κ1) is 24.1. The average molecular weight is 457 g/mol. The summed E-state index contributed by atoms with van der Waals surface area (Å²) in [6.45, 7) is 7.47. The maximum Gasteiger partial charge on any atom is 0.257 e. The summed E-state index contributed by atoms with van der Waals surface area (Å²) >= 11 is 1.51. The molecular formula is C21H30Cl2N4OS. The second kappa shape index (κ2) is 11.3. The van der Waals surface area contributed by atoms with Crippen molar-refractivity contribution in [3.63, 3.8) is 0 Å². The highest BCUT2D eigenvalue weighted by Gasteiger charge is 2.18. The van der Waals surface area contributed by atoms with Gasteiger partial charge in [0, 0.05) is 24.0 Å². The number of aromatic nitrogens is 1. The first-order valence-electron chi connectivity index (χ1n) is 9.98. The van der Waals surface area contributed by atoms with Crippen LogP contribution in [0.5, 0.6) is 0 Å². The summed E-state index contributed by atoms with van der Waals surface area (Å²) in [6, 6.07) is 6.08. The number of thiazole rings is 1. The summed E-state index contributed by atoms with van der Waals surface area (Å²) in [5, 5.41) is 9.15. The van der Waals surface area contributed by atoms with Crippen LogP contribution in [0.3, 0.4) is 0 Å². The third kappa shape index (κ3) is 6.40. The average Bonchev–Trinajstić information content (AvgIpc) is 2.95. The Morgan fingerprint density at radius 2 is 2.07 bits per heavy atom. The lowest BCUT2D eigenvalue weighted by molar-refractivity contribution is 0.102. The van der Waals surface area contributed by atoms with E-state index in [2.05, 4.69) is 38.9 Å². The third-order valence-electron chi connectivity index (χ3n) is 5.51. The topological polar surface area (TPSA) is 57.3 Å². The van der Waals surface area contributed by atoms with E-state index in [1.165, 1.54) is 35.3 Å². The van der Waals surface area contributed by atoms with E-state index in [4.69, 9.17) is 0 Å². The lowest BCUT2D eigenvalue weighted by Gasteiger charge is -2.30. The summed E-state index contributed by atoms with van der Waals surface area (Å²) < 4.78 is 0. The number of halogens is 2. The Morgan fingerprint density at radius 3 is 2.86 bits per heavy atom. The van der Waals surface area contributed by atoms with E-state index in [0.29, 0.717) is 5.13 Å². The third-order valence-corrected chi connectivity index (χ3v) is 6.32. The van der Waals surface area contributed by atoms with E-state index in [-0.39, 0.29) is 30.7 Å². The maximum absolute atomic E-state index is 12.7. The molecule has 1 saturated heterocycles. The van der Waals surface area contributed by atoms with Gasteiger partial charge >= 0.3 is 0 Å². The monoisotopic (exact) mass is 456 g/mol. The van der Waals surface area contributed by atoms with Crippen molar-refractivity contribution in [1.82, 2.24) is 15.2 Å². The lowest BCUT2D eigenvalue weighted by atomic mass is 10.00. The quantitative estimate of drug-likeness (QED) is 0.724. The van der Waals surface area contributed by atoms with Crippen LogP contribution in [0.15, 0.2) is 23.6 Å². The van der Waals surface area contributed by atoms with E-state index in [9.17, 15) is 4.79 Å². The van der Waals surface area contributed by atoms with Gasteiger partial charge in [-0.2, -0.15) is 0 Å². The predicted octanol–water partition coefficient (Wildman–Crippen LogP) is 4.16. The summed E-state index contributed by atoms with van der Waals surface area (Å²) in [5.41, 5.74) is 4.41. The molecule has 0 bridgehead atoms. The van der Waals surface area contributed by atoms with Crippen molar-refractivity contribution in [3.05, 3.63) is 46.0 Å². The summed E-state index contributed by atoms with van der Waals surface area (Å²) in [4.78, 5) is 19.8. The van der Waals surface area contributed by atoms with Gasteiger partial charge in [-0.15, -0.1) is 36.2 Å². The largest absolute Gasteiger partial charge is 0.316 e. The van der Waals surface area contributed by atoms with Gasteiger partial charge in [-0.25, -0.2) is 4.98 Å². The molecule has 3 heterocycles. The van der Waals surface area contributed by atoms with Crippen molar-refractivity contribution in [1.29, 1.82) is 0 Å². The van der Waals surface area contributed by atoms with Crippen molar-refractivity contribution in [2.45, 2.75) is 39.2 Å². The summed E-state index contributed by atoms with van der Waals surface area (Å²) in [6.07, 6.45) is 4.60. The number of hydrogen-bond acceptors (Lipinski definition) is 5. The van der Waals surface area contributed by atoms with Crippen LogP contribution in [0.2, 0.25) is 0 Å². The van der Waals surface area contributed by atoms with Crippen molar-refractivity contribution in [2.75, 3.05) is 31.5 Å². The van der Waals surface area contributed by atoms with E-state index in [0.717, 1.165) is 62.7 Å². The molecule has 2 aliphatic rings. The van der Waals surface area contributed by atoms with Gasteiger partial charge in [-0.1, -0.05) is 13.0 Å². The standard InChI is InChI=1S/C21H28N4OS.2ClH/c1-15-3-2-10-25(12-15)13-19-14-27-21(23-19)24-20(26)18-5-4-16-6-8-22-9-7-17(16)11-18;;/h4-5,11,14-15,22H,2-3,6-10,12-13H2,1H3,(H,23,24,26);2*1H. The molecule has 1 aromatic carbocycles. The minimum atomic E-state index is -0.0671. The van der Waals surface area contributed by atoms with Gasteiger partial charge in [0.25, 0.3) is 5.91 Å². The van der Waals surface area contributed by atoms with Crippen molar-refractivity contribution < 1.29 is 4.79 Å². The zero-order valence-corrected chi connectivity index (χ0v) is 19.2. The molecule has 29 heavy (non-hydrogen) atoms. The predicted molar refractivity (Wildman–Crippen MR) is 125 cm³/mol. The van der Waals surface area contributed by atoms with Gasteiger partial charge in [0.1, 0.15) is 0 Å².